The summed E-state index contributed by atoms with van der Waals surface area (Å²) in [5.74, 6) is -0.451. The lowest BCUT2D eigenvalue weighted by Gasteiger charge is -2.04. The molecule has 2 nitrogen and oxygen atoms in total. The smallest absolute Gasteiger partial charge is 0.212 e. The van der Waals surface area contributed by atoms with Gasteiger partial charge in [-0.1, -0.05) is 0 Å². The molecule has 0 aromatic carbocycles. The van der Waals surface area contributed by atoms with Crippen molar-refractivity contribution in [2.24, 2.45) is 0 Å². The van der Waals surface area contributed by atoms with Crippen LogP contribution in [0.1, 0.15) is 10.4 Å². The van der Waals surface area contributed by atoms with Gasteiger partial charge in [0, 0.05) is 11.4 Å². The number of aromatic nitrogens is 1. The Labute approximate surface area is 91.8 Å². The molecule has 2 rings (SSSR count). The van der Waals surface area contributed by atoms with E-state index in [1.54, 1.807) is 17.4 Å². The van der Waals surface area contributed by atoms with Crippen LogP contribution < -0.4 is 5.32 Å². The molecule has 0 saturated heterocycles. The molecule has 0 radical (unpaired) electrons. The highest BCUT2D eigenvalue weighted by Gasteiger charge is 1.99. The van der Waals surface area contributed by atoms with Crippen LogP contribution in [0.4, 0.5) is 10.1 Å². The summed E-state index contributed by atoms with van der Waals surface area (Å²) in [4.78, 5) is 4.87. The van der Waals surface area contributed by atoms with Crippen LogP contribution in [0.15, 0.2) is 29.8 Å². The maximum Gasteiger partial charge on any atom is 0.212 e. The Hall–Kier alpha value is -1.42. The second kappa shape index (κ2) is 4.40. The van der Waals surface area contributed by atoms with Crippen molar-refractivity contribution in [2.75, 3.05) is 5.32 Å². The maximum atomic E-state index is 12.5. The highest BCUT2D eigenvalue weighted by Crippen LogP contribution is 2.17. The van der Waals surface area contributed by atoms with Crippen LogP contribution in [0.5, 0.6) is 0 Å². The van der Waals surface area contributed by atoms with E-state index in [9.17, 15) is 4.39 Å². The normalized spacial score (nSPS) is 10.3. The first-order valence-electron chi connectivity index (χ1n) is 4.64. The molecule has 0 saturated carbocycles. The van der Waals surface area contributed by atoms with Crippen molar-refractivity contribution < 1.29 is 4.39 Å². The number of hydrogen-bond donors (Lipinski definition) is 1. The van der Waals surface area contributed by atoms with Crippen LogP contribution in [-0.4, -0.2) is 4.98 Å². The largest absolute Gasteiger partial charge is 0.379 e. The number of hydrogen-bond acceptors (Lipinski definition) is 3. The molecule has 2 aromatic rings. The minimum Gasteiger partial charge on any atom is -0.379 e. The van der Waals surface area contributed by atoms with Gasteiger partial charge in [-0.05, 0) is 36.1 Å². The molecule has 0 aliphatic rings. The molecule has 0 spiro atoms. The van der Waals surface area contributed by atoms with Crippen molar-refractivity contribution in [3.63, 3.8) is 0 Å². The lowest BCUT2D eigenvalue weighted by Crippen LogP contribution is -1.99. The van der Waals surface area contributed by atoms with E-state index >= 15 is 0 Å². The Balaban J connectivity index is 1.99. The summed E-state index contributed by atoms with van der Waals surface area (Å²) in [6.07, 6.45) is 1.50. The van der Waals surface area contributed by atoms with Gasteiger partial charge in [0.15, 0.2) is 0 Å². The molecular weight excluding hydrogens is 211 g/mol. The van der Waals surface area contributed by atoms with Gasteiger partial charge in [0.25, 0.3) is 0 Å². The summed E-state index contributed by atoms with van der Waals surface area (Å²) in [6.45, 7) is 2.84. The fourth-order valence-corrected chi connectivity index (χ4v) is 2.09. The standard InChI is InChI=1S/C11H11FN2S/c1-8-4-5-15-10(8)7-13-9-2-3-11(12)14-6-9/h2-6,13H,7H2,1H3. The fourth-order valence-electron chi connectivity index (χ4n) is 1.25. The number of thiophene rings is 1. The summed E-state index contributed by atoms with van der Waals surface area (Å²) in [7, 11) is 0. The van der Waals surface area contributed by atoms with Crippen LogP contribution in [0.25, 0.3) is 0 Å². The third-order valence-electron chi connectivity index (χ3n) is 2.15. The van der Waals surface area contributed by atoms with Gasteiger partial charge in [-0.15, -0.1) is 11.3 Å². The molecule has 0 aliphatic carbocycles. The number of nitrogens with one attached hydrogen (secondary N) is 1. The van der Waals surface area contributed by atoms with E-state index in [2.05, 4.69) is 28.7 Å². The number of anilines is 1. The van der Waals surface area contributed by atoms with E-state index in [1.165, 1.54) is 22.7 Å². The number of nitrogens with zero attached hydrogens (tertiary/aromatic N) is 1. The van der Waals surface area contributed by atoms with Crippen LogP contribution >= 0.6 is 11.3 Å². The monoisotopic (exact) mass is 222 g/mol. The van der Waals surface area contributed by atoms with E-state index < -0.39 is 5.95 Å². The summed E-state index contributed by atoms with van der Waals surface area (Å²) in [5.41, 5.74) is 2.12. The molecule has 0 unspecified atom stereocenters. The van der Waals surface area contributed by atoms with E-state index in [4.69, 9.17) is 0 Å². The van der Waals surface area contributed by atoms with Crippen molar-refractivity contribution >= 4 is 17.0 Å². The van der Waals surface area contributed by atoms with Crippen molar-refractivity contribution in [3.8, 4) is 0 Å². The average Bonchev–Trinajstić information content (AvgIpc) is 2.63. The van der Waals surface area contributed by atoms with Gasteiger partial charge in [0.05, 0.1) is 11.9 Å². The number of aryl methyl sites for hydroxylation is 1. The number of rotatable bonds is 3. The SMILES string of the molecule is Cc1ccsc1CNc1ccc(F)nc1. The third kappa shape index (κ3) is 2.53. The molecule has 0 fully saturated rings. The van der Waals surface area contributed by atoms with Gasteiger partial charge in [-0.25, -0.2) is 4.98 Å². The average molecular weight is 222 g/mol. The molecule has 78 valence electrons. The van der Waals surface area contributed by atoms with Crippen molar-refractivity contribution in [1.82, 2.24) is 4.98 Å². The van der Waals surface area contributed by atoms with Crippen LogP contribution in [0.2, 0.25) is 0 Å². The molecular formula is C11H11FN2S. The predicted molar refractivity (Wildman–Crippen MR) is 60.6 cm³/mol. The second-order valence-electron chi connectivity index (χ2n) is 3.25. The van der Waals surface area contributed by atoms with Gasteiger partial charge in [0.1, 0.15) is 0 Å². The van der Waals surface area contributed by atoms with Gasteiger partial charge >= 0.3 is 0 Å². The highest BCUT2D eigenvalue weighted by molar-refractivity contribution is 7.10. The number of pyridine rings is 1. The molecule has 0 amide bonds. The summed E-state index contributed by atoms with van der Waals surface area (Å²) >= 11 is 1.71. The second-order valence-corrected chi connectivity index (χ2v) is 4.25. The Morgan fingerprint density at radius 1 is 1.40 bits per heavy atom. The third-order valence-corrected chi connectivity index (χ3v) is 3.17. The first-order valence-corrected chi connectivity index (χ1v) is 5.52. The quantitative estimate of drug-likeness (QED) is 0.807. The highest BCUT2D eigenvalue weighted by atomic mass is 32.1. The summed E-state index contributed by atoms with van der Waals surface area (Å²) < 4.78 is 12.5. The van der Waals surface area contributed by atoms with Gasteiger partial charge in [-0.2, -0.15) is 4.39 Å². The summed E-state index contributed by atoms with van der Waals surface area (Å²) in [5, 5.41) is 5.26. The van der Waals surface area contributed by atoms with Crippen LogP contribution in [0, 0.1) is 12.9 Å². The Morgan fingerprint density at radius 2 is 2.27 bits per heavy atom. The molecule has 15 heavy (non-hydrogen) atoms. The first-order chi connectivity index (χ1) is 7.25. The Morgan fingerprint density at radius 3 is 2.87 bits per heavy atom. The van der Waals surface area contributed by atoms with Crippen molar-refractivity contribution in [1.29, 1.82) is 0 Å². The van der Waals surface area contributed by atoms with Crippen molar-refractivity contribution in [3.05, 3.63) is 46.2 Å². The lowest BCUT2D eigenvalue weighted by molar-refractivity contribution is 0.584. The maximum absolute atomic E-state index is 12.5. The van der Waals surface area contributed by atoms with Crippen LogP contribution in [0.3, 0.4) is 0 Å². The minimum atomic E-state index is -0.451. The zero-order chi connectivity index (χ0) is 10.7. The Kier molecular flexibility index (Phi) is 2.97. The minimum absolute atomic E-state index is 0.451. The fraction of sp³-hybridized carbons (Fsp3) is 0.182. The molecule has 0 atom stereocenters. The lowest BCUT2D eigenvalue weighted by atomic mass is 10.3. The van der Waals surface area contributed by atoms with Gasteiger partial charge in [-0.3, -0.25) is 0 Å². The predicted octanol–water partition coefficient (Wildman–Crippen LogP) is 3.20. The molecule has 4 heteroatoms. The van der Waals surface area contributed by atoms with Gasteiger partial charge < -0.3 is 5.32 Å². The van der Waals surface area contributed by atoms with Crippen LogP contribution in [-0.2, 0) is 6.54 Å². The zero-order valence-corrected chi connectivity index (χ0v) is 9.14. The van der Waals surface area contributed by atoms with Crippen molar-refractivity contribution in [2.45, 2.75) is 13.5 Å². The molecule has 0 aliphatic heterocycles. The zero-order valence-electron chi connectivity index (χ0n) is 8.33. The van der Waals surface area contributed by atoms with E-state index in [-0.39, 0.29) is 0 Å². The topological polar surface area (TPSA) is 24.9 Å². The van der Waals surface area contributed by atoms with E-state index in [1.807, 2.05) is 0 Å². The molecule has 2 heterocycles. The molecule has 0 bridgehead atoms. The van der Waals surface area contributed by atoms with Gasteiger partial charge in [0.2, 0.25) is 5.95 Å². The molecule has 1 N–H and O–H groups in total. The summed E-state index contributed by atoms with van der Waals surface area (Å²) in [6, 6.07) is 5.12. The first kappa shape index (κ1) is 10.1. The van der Waals surface area contributed by atoms with E-state index in [0.717, 1.165) is 12.2 Å². The Bertz CT molecular complexity index is 436. The molecule has 2 aromatic heterocycles. The van der Waals surface area contributed by atoms with E-state index in [0.29, 0.717) is 0 Å². The number of halogens is 1.